The maximum absolute atomic E-state index is 5.43. The molecule has 0 saturated heterocycles. The first kappa shape index (κ1) is 6.25. The van der Waals surface area contributed by atoms with Gasteiger partial charge in [-0.25, -0.2) is 0 Å². The van der Waals surface area contributed by atoms with E-state index in [1.165, 1.54) is 0 Å². The summed E-state index contributed by atoms with van der Waals surface area (Å²) in [5, 5.41) is 0. The number of ether oxygens (including phenoxy) is 1. The van der Waals surface area contributed by atoms with Crippen LogP contribution in [-0.2, 0) is 4.74 Å². The summed E-state index contributed by atoms with van der Waals surface area (Å²) in [5.41, 5.74) is -0.0926. The first-order valence-corrected chi connectivity index (χ1v) is 2.41. The van der Waals surface area contributed by atoms with E-state index in [0.29, 0.717) is 0 Å². The first-order valence-electron chi connectivity index (χ1n) is 1.98. The van der Waals surface area contributed by atoms with Gasteiger partial charge in [0.15, 0.2) is 0 Å². The van der Waals surface area contributed by atoms with Crippen LogP contribution in [0, 0.1) is 0 Å². The molecular weight excluding hydrogens is 99.5 g/mol. The van der Waals surface area contributed by atoms with Crippen LogP contribution < -0.4 is 0 Å². The molecule has 0 spiro atoms. The highest BCUT2D eigenvalue weighted by Gasteiger charge is 1.91. The van der Waals surface area contributed by atoms with Crippen molar-refractivity contribution in [3.63, 3.8) is 0 Å². The zero-order chi connectivity index (χ0) is 4.99. The largest absolute Gasteiger partial charge is 0.366 e. The van der Waals surface area contributed by atoms with Gasteiger partial charge in [-0.1, -0.05) is 18.5 Å². The second-order valence-electron chi connectivity index (χ2n) is 1.05. The number of halogens is 1. The summed E-state index contributed by atoms with van der Waals surface area (Å²) in [6.45, 7) is 1.97. The normalized spacial score (nSPS) is 14.5. The average molecular weight is 109 g/mol. The van der Waals surface area contributed by atoms with Crippen LogP contribution in [0.5, 0.6) is 0 Å². The summed E-state index contributed by atoms with van der Waals surface area (Å²) >= 11 is 5.43. The summed E-state index contributed by atoms with van der Waals surface area (Å²) in [5.74, 6) is 0. The third-order valence-electron chi connectivity index (χ3n) is 0.577. The van der Waals surface area contributed by atoms with E-state index in [9.17, 15) is 0 Å². The third kappa shape index (κ3) is 2.49. The first-order chi connectivity index (χ1) is 2.81. The van der Waals surface area contributed by atoms with Gasteiger partial charge in [0.2, 0.25) is 0 Å². The molecule has 6 heavy (non-hydrogen) atoms. The Morgan fingerprint density at radius 2 is 2.33 bits per heavy atom. The lowest BCUT2D eigenvalue weighted by atomic mass is 10.5. The van der Waals surface area contributed by atoms with E-state index in [-0.39, 0.29) is 5.56 Å². The zero-order valence-corrected chi connectivity index (χ0v) is 4.83. The molecule has 0 N–H and O–H groups in total. The van der Waals surface area contributed by atoms with E-state index in [1.54, 1.807) is 7.11 Å². The minimum Gasteiger partial charge on any atom is -0.366 e. The molecule has 0 aromatic heterocycles. The smallest absolute Gasteiger partial charge is 0.130 e. The van der Waals surface area contributed by atoms with Crippen LogP contribution in [0.1, 0.15) is 13.3 Å². The molecular formula is C4H9ClO. The molecule has 0 aliphatic rings. The fourth-order valence-electron chi connectivity index (χ4n) is 0.167. The standard InChI is InChI=1S/C4H9ClO/c1-3-4(5)6-2/h4H,3H2,1-2H3. The van der Waals surface area contributed by atoms with Crippen molar-refractivity contribution in [2.24, 2.45) is 0 Å². The topological polar surface area (TPSA) is 9.23 Å². The number of alkyl halides is 1. The summed E-state index contributed by atoms with van der Waals surface area (Å²) in [4.78, 5) is 0. The van der Waals surface area contributed by atoms with Crippen LogP contribution in [0.2, 0.25) is 0 Å². The highest BCUT2D eigenvalue weighted by atomic mass is 35.5. The quantitative estimate of drug-likeness (QED) is 0.489. The van der Waals surface area contributed by atoms with Gasteiger partial charge in [-0.05, 0) is 6.42 Å². The minimum absolute atomic E-state index is 0.0926. The molecule has 1 nitrogen and oxygen atoms in total. The summed E-state index contributed by atoms with van der Waals surface area (Å²) in [6.07, 6.45) is 0.873. The van der Waals surface area contributed by atoms with Crippen molar-refractivity contribution >= 4 is 11.6 Å². The molecule has 1 atom stereocenters. The lowest BCUT2D eigenvalue weighted by molar-refractivity contribution is 0.164. The Morgan fingerprint density at radius 1 is 1.83 bits per heavy atom. The van der Waals surface area contributed by atoms with Gasteiger partial charge in [-0.15, -0.1) is 0 Å². The molecule has 0 amide bonds. The number of hydrogen-bond acceptors (Lipinski definition) is 1. The number of rotatable bonds is 2. The zero-order valence-electron chi connectivity index (χ0n) is 4.07. The van der Waals surface area contributed by atoms with Gasteiger partial charge in [0.1, 0.15) is 5.56 Å². The van der Waals surface area contributed by atoms with E-state index in [4.69, 9.17) is 11.6 Å². The van der Waals surface area contributed by atoms with Crippen molar-refractivity contribution in [1.82, 2.24) is 0 Å². The second-order valence-corrected chi connectivity index (χ2v) is 1.54. The van der Waals surface area contributed by atoms with E-state index in [1.807, 2.05) is 6.92 Å². The Kier molecular flexibility index (Phi) is 3.58. The van der Waals surface area contributed by atoms with Crippen molar-refractivity contribution in [3.05, 3.63) is 0 Å². The van der Waals surface area contributed by atoms with Crippen LogP contribution in [0.3, 0.4) is 0 Å². The summed E-state index contributed by atoms with van der Waals surface area (Å²) in [6, 6.07) is 0. The van der Waals surface area contributed by atoms with Crippen LogP contribution in [0.25, 0.3) is 0 Å². The highest BCUT2D eigenvalue weighted by Crippen LogP contribution is 1.98. The predicted octanol–water partition coefficient (Wildman–Crippen LogP) is 1.61. The van der Waals surface area contributed by atoms with Crippen molar-refractivity contribution in [3.8, 4) is 0 Å². The van der Waals surface area contributed by atoms with Crippen LogP contribution in [-0.4, -0.2) is 12.7 Å². The van der Waals surface area contributed by atoms with Crippen molar-refractivity contribution < 1.29 is 4.74 Å². The Morgan fingerprint density at radius 3 is 2.33 bits per heavy atom. The van der Waals surface area contributed by atoms with Crippen molar-refractivity contribution in [1.29, 1.82) is 0 Å². The lowest BCUT2D eigenvalue weighted by Gasteiger charge is -1.98. The van der Waals surface area contributed by atoms with Gasteiger partial charge in [-0.2, -0.15) is 0 Å². The van der Waals surface area contributed by atoms with Gasteiger partial charge >= 0.3 is 0 Å². The fraction of sp³-hybridized carbons (Fsp3) is 1.00. The minimum atomic E-state index is -0.0926. The van der Waals surface area contributed by atoms with Crippen LogP contribution in [0.15, 0.2) is 0 Å². The molecule has 0 bridgehead atoms. The van der Waals surface area contributed by atoms with Gasteiger partial charge in [-0.3, -0.25) is 0 Å². The molecule has 0 heterocycles. The van der Waals surface area contributed by atoms with Gasteiger partial charge < -0.3 is 4.74 Å². The molecule has 0 aromatic rings. The molecule has 0 radical (unpaired) electrons. The van der Waals surface area contributed by atoms with Crippen molar-refractivity contribution in [2.75, 3.05) is 7.11 Å². The van der Waals surface area contributed by atoms with Gasteiger partial charge in [0, 0.05) is 7.11 Å². The second kappa shape index (κ2) is 3.44. The fourth-order valence-corrected chi connectivity index (χ4v) is 0.167. The molecule has 0 rings (SSSR count). The molecule has 38 valence electrons. The van der Waals surface area contributed by atoms with Crippen LogP contribution in [0.4, 0.5) is 0 Å². The SMILES string of the molecule is CCC(Cl)OC. The molecule has 0 aliphatic carbocycles. The summed E-state index contributed by atoms with van der Waals surface area (Å²) in [7, 11) is 1.60. The molecule has 1 unspecified atom stereocenters. The molecule has 0 aliphatic heterocycles. The van der Waals surface area contributed by atoms with Gasteiger partial charge in [0.25, 0.3) is 0 Å². The Bertz CT molecular complexity index is 26.7. The van der Waals surface area contributed by atoms with E-state index >= 15 is 0 Å². The molecule has 0 saturated carbocycles. The maximum atomic E-state index is 5.43. The molecule has 0 fully saturated rings. The Balaban J connectivity index is 2.75. The van der Waals surface area contributed by atoms with Crippen molar-refractivity contribution in [2.45, 2.75) is 18.9 Å². The third-order valence-corrected chi connectivity index (χ3v) is 1.06. The Hall–Kier alpha value is 0.250. The number of methoxy groups -OCH3 is 1. The summed E-state index contributed by atoms with van der Waals surface area (Å²) < 4.78 is 4.66. The predicted molar refractivity (Wildman–Crippen MR) is 26.9 cm³/mol. The molecule has 0 aromatic carbocycles. The Labute approximate surface area is 43.3 Å². The average Bonchev–Trinajstić information content (AvgIpc) is 1.65. The number of hydrogen-bond donors (Lipinski definition) is 0. The van der Waals surface area contributed by atoms with Crippen LogP contribution >= 0.6 is 11.6 Å². The maximum Gasteiger partial charge on any atom is 0.130 e. The van der Waals surface area contributed by atoms with Gasteiger partial charge in [0.05, 0.1) is 0 Å². The highest BCUT2D eigenvalue weighted by molar-refractivity contribution is 6.19. The lowest BCUT2D eigenvalue weighted by Crippen LogP contribution is -1.96. The molecule has 2 heteroatoms. The monoisotopic (exact) mass is 108 g/mol. The van der Waals surface area contributed by atoms with E-state index in [0.717, 1.165) is 6.42 Å². The van der Waals surface area contributed by atoms with E-state index in [2.05, 4.69) is 4.74 Å². The van der Waals surface area contributed by atoms with E-state index < -0.39 is 0 Å².